The van der Waals surface area contributed by atoms with Crippen molar-refractivity contribution in [3.05, 3.63) is 56.7 Å². The average molecular weight is 322 g/mol. The van der Waals surface area contributed by atoms with Crippen LogP contribution in [0, 0.1) is 10.1 Å². The molecule has 0 saturated heterocycles. The van der Waals surface area contributed by atoms with Gasteiger partial charge in [-0.15, -0.1) is 0 Å². The first-order valence-corrected chi connectivity index (χ1v) is 5.99. The summed E-state index contributed by atoms with van der Waals surface area (Å²) < 4.78 is 0.486. The van der Waals surface area contributed by atoms with Gasteiger partial charge in [-0.25, -0.2) is 9.98 Å². The number of aromatic nitrogens is 1. The second-order valence-corrected chi connectivity index (χ2v) is 4.48. The summed E-state index contributed by atoms with van der Waals surface area (Å²) in [6.45, 7) is 0. The number of nitrogens with zero attached hydrogens (tertiary/aromatic N) is 3. The quantitative estimate of drug-likeness (QED) is 0.534. The molecule has 0 spiro atoms. The Morgan fingerprint density at radius 2 is 2.21 bits per heavy atom. The molecule has 1 heterocycles. The second kappa shape index (κ2) is 5.57. The van der Waals surface area contributed by atoms with E-state index in [1.165, 1.54) is 18.3 Å². The Balaban J connectivity index is 2.41. The number of benzene rings is 1. The largest absolute Gasteiger partial charge is 0.502 e. The molecule has 0 saturated carbocycles. The van der Waals surface area contributed by atoms with Gasteiger partial charge in [0, 0.05) is 28.5 Å². The van der Waals surface area contributed by atoms with Crippen LogP contribution in [-0.2, 0) is 0 Å². The maximum atomic E-state index is 10.8. The number of pyridine rings is 1. The van der Waals surface area contributed by atoms with E-state index in [0.29, 0.717) is 10.3 Å². The predicted octanol–water partition coefficient (Wildman–Crippen LogP) is 3.21. The van der Waals surface area contributed by atoms with Crippen LogP contribution in [0.5, 0.6) is 5.75 Å². The van der Waals surface area contributed by atoms with E-state index in [4.69, 9.17) is 0 Å². The molecule has 19 heavy (non-hydrogen) atoms. The number of hydrogen-bond acceptors (Lipinski definition) is 5. The third-order valence-corrected chi connectivity index (χ3v) is 2.72. The highest BCUT2D eigenvalue weighted by atomic mass is 79.9. The van der Waals surface area contributed by atoms with Crippen molar-refractivity contribution in [3.8, 4) is 5.75 Å². The minimum atomic E-state index is -0.655. The van der Waals surface area contributed by atoms with Crippen LogP contribution in [-0.4, -0.2) is 21.2 Å². The number of nitro benzene ring substituents is 1. The third-order valence-electron chi connectivity index (χ3n) is 2.27. The van der Waals surface area contributed by atoms with E-state index >= 15 is 0 Å². The summed E-state index contributed by atoms with van der Waals surface area (Å²) in [4.78, 5) is 18.1. The predicted molar refractivity (Wildman–Crippen MR) is 74.0 cm³/mol. The lowest BCUT2D eigenvalue weighted by Gasteiger charge is -2.01. The molecule has 0 aliphatic heterocycles. The summed E-state index contributed by atoms with van der Waals surface area (Å²) in [6, 6.07) is 7.96. The Hall–Kier alpha value is -2.28. The normalized spacial score (nSPS) is 10.8. The van der Waals surface area contributed by atoms with E-state index < -0.39 is 10.7 Å². The smallest absolute Gasteiger partial charge is 0.312 e. The van der Waals surface area contributed by atoms with Crippen molar-refractivity contribution in [2.75, 3.05) is 0 Å². The number of rotatable bonds is 3. The molecule has 0 bridgehead atoms. The molecule has 7 heteroatoms. The highest BCUT2D eigenvalue weighted by Crippen LogP contribution is 2.32. The van der Waals surface area contributed by atoms with Crippen LogP contribution in [0.25, 0.3) is 0 Å². The van der Waals surface area contributed by atoms with Crippen molar-refractivity contribution in [1.82, 2.24) is 4.98 Å². The van der Waals surface area contributed by atoms with Gasteiger partial charge in [-0.3, -0.25) is 10.1 Å². The number of hydrogen-bond donors (Lipinski definition) is 1. The van der Waals surface area contributed by atoms with Gasteiger partial charge in [0.1, 0.15) is 0 Å². The van der Waals surface area contributed by atoms with Crippen LogP contribution < -0.4 is 0 Å². The number of aliphatic imine (C=N–C) groups is 1. The van der Waals surface area contributed by atoms with E-state index in [0.717, 1.165) is 0 Å². The van der Waals surface area contributed by atoms with Crippen LogP contribution >= 0.6 is 15.9 Å². The Bertz CT molecular complexity index is 644. The van der Waals surface area contributed by atoms with Gasteiger partial charge in [-0.1, -0.05) is 22.0 Å². The van der Waals surface area contributed by atoms with Gasteiger partial charge in [-0.05, 0) is 18.2 Å². The van der Waals surface area contributed by atoms with E-state index in [2.05, 4.69) is 25.9 Å². The van der Waals surface area contributed by atoms with Gasteiger partial charge < -0.3 is 5.11 Å². The maximum Gasteiger partial charge on any atom is 0.312 e. The molecule has 0 aliphatic carbocycles. The molecule has 0 radical (unpaired) electrons. The second-order valence-electron chi connectivity index (χ2n) is 3.57. The maximum absolute atomic E-state index is 10.8. The zero-order valence-corrected chi connectivity index (χ0v) is 11.1. The lowest BCUT2D eigenvalue weighted by molar-refractivity contribution is -0.385. The van der Waals surface area contributed by atoms with Gasteiger partial charge in [0.25, 0.3) is 0 Å². The standard InChI is InChI=1S/C12H8BrN3O3/c13-9-5-8(12(17)10(6-9)16(18)19)7-15-11-3-1-2-4-14-11/h1-7,17H/b15-7+. The summed E-state index contributed by atoms with van der Waals surface area (Å²) >= 11 is 3.15. The van der Waals surface area contributed by atoms with Crippen LogP contribution in [0.1, 0.15) is 5.56 Å². The van der Waals surface area contributed by atoms with E-state index in [9.17, 15) is 15.2 Å². The number of phenolic OH excluding ortho intramolecular Hbond substituents is 1. The highest BCUT2D eigenvalue weighted by Gasteiger charge is 2.17. The molecule has 0 aliphatic rings. The fraction of sp³-hybridized carbons (Fsp3) is 0. The fourth-order valence-corrected chi connectivity index (χ4v) is 1.87. The summed E-state index contributed by atoms with van der Waals surface area (Å²) in [6.07, 6.45) is 2.91. The summed E-state index contributed by atoms with van der Waals surface area (Å²) in [5.41, 5.74) is -0.136. The Morgan fingerprint density at radius 3 is 2.84 bits per heavy atom. The minimum absolute atomic E-state index is 0.242. The van der Waals surface area contributed by atoms with Crippen molar-refractivity contribution < 1.29 is 10.0 Å². The van der Waals surface area contributed by atoms with Gasteiger partial charge in [0.2, 0.25) is 5.75 Å². The third kappa shape index (κ3) is 3.14. The monoisotopic (exact) mass is 321 g/mol. The van der Waals surface area contributed by atoms with Crippen molar-refractivity contribution in [2.24, 2.45) is 4.99 Å². The van der Waals surface area contributed by atoms with Gasteiger partial charge in [-0.2, -0.15) is 0 Å². The molecule has 0 atom stereocenters. The fourth-order valence-electron chi connectivity index (χ4n) is 1.41. The summed E-state index contributed by atoms with van der Waals surface area (Å²) in [5.74, 6) is 0.0254. The number of nitro groups is 1. The SMILES string of the molecule is O=[N+]([O-])c1cc(Br)cc(/C=N/c2ccccn2)c1O. The molecule has 96 valence electrons. The first kappa shape index (κ1) is 13.2. The summed E-state index contributed by atoms with van der Waals surface area (Å²) in [5, 5.41) is 20.6. The molecule has 0 unspecified atom stereocenters. The number of halogens is 1. The molecule has 1 aromatic heterocycles. The summed E-state index contributed by atoms with van der Waals surface area (Å²) in [7, 11) is 0. The average Bonchev–Trinajstić information content (AvgIpc) is 2.40. The van der Waals surface area contributed by atoms with Crippen molar-refractivity contribution >= 4 is 33.6 Å². The molecule has 0 amide bonds. The Kier molecular flexibility index (Phi) is 3.86. The zero-order valence-electron chi connectivity index (χ0n) is 9.52. The van der Waals surface area contributed by atoms with Crippen molar-refractivity contribution in [3.63, 3.8) is 0 Å². The molecule has 2 aromatic rings. The minimum Gasteiger partial charge on any atom is -0.502 e. The van der Waals surface area contributed by atoms with E-state index in [1.54, 1.807) is 24.4 Å². The first-order valence-electron chi connectivity index (χ1n) is 5.20. The number of aromatic hydroxyl groups is 1. The molecule has 6 nitrogen and oxygen atoms in total. The first-order chi connectivity index (χ1) is 9.08. The molecular weight excluding hydrogens is 314 g/mol. The van der Waals surface area contributed by atoms with Crippen molar-refractivity contribution in [2.45, 2.75) is 0 Å². The Labute approximate surface area is 116 Å². The van der Waals surface area contributed by atoms with E-state index in [-0.39, 0.29) is 11.3 Å². The van der Waals surface area contributed by atoms with Gasteiger partial charge >= 0.3 is 5.69 Å². The van der Waals surface area contributed by atoms with Gasteiger partial charge in [0.15, 0.2) is 5.82 Å². The van der Waals surface area contributed by atoms with Crippen LogP contribution in [0.4, 0.5) is 11.5 Å². The van der Waals surface area contributed by atoms with Crippen LogP contribution in [0.3, 0.4) is 0 Å². The van der Waals surface area contributed by atoms with Crippen LogP contribution in [0.2, 0.25) is 0 Å². The molecular formula is C12H8BrN3O3. The zero-order chi connectivity index (χ0) is 13.8. The molecule has 1 N–H and O–H groups in total. The highest BCUT2D eigenvalue weighted by molar-refractivity contribution is 9.10. The molecule has 2 rings (SSSR count). The van der Waals surface area contributed by atoms with E-state index in [1.807, 2.05) is 0 Å². The Morgan fingerprint density at radius 1 is 1.42 bits per heavy atom. The molecule has 1 aromatic carbocycles. The molecule has 0 fully saturated rings. The lowest BCUT2D eigenvalue weighted by Crippen LogP contribution is -1.92. The van der Waals surface area contributed by atoms with Gasteiger partial charge in [0.05, 0.1) is 4.92 Å². The number of phenols is 1. The lowest BCUT2D eigenvalue weighted by atomic mass is 10.2. The topological polar surface area (TPSA) is 88.6 Å². The van der Waals surface area contributed by atoms with Crippen LogP contribution in [0.15, 0.2) is 46.0 Å². The van der Waals surface area contributed by atoms with Crippen molar-refractivity contribution in [1.29, 1.82) is 0 Å².